The van der Waals surface area contributed by atoms with Gasteiger partial charge < -0.3 is 4.74 Å². The van der Waals surface area contributed by atoms with Crippen LogP contribution >= 0.6 is 11.6 Å². The Morgan fingerprint density at radius 1 is 1.04 bits per heavy atom. The smallest absolute Gasteiger partial charge is 0.179 e. The summed E-state index contributed by atoms with van der Waals surface area (Å²) < 4.78 is 30.4. The Morgan fingerprint density at radius 3 is 2.50 bits per heavy atom. The molecule has 0 amide bonds. The minimum absolute atomic E-state index is 0.0119. The van der Waals surface area contributed by atoms with Gasteiger partial charge in [0.2, 0.25) is 0 Å². The van der Waals surface area contributed by atoms with Crippen molar-refractivity contribution in [3.63, 3.8) is 0 Å². The number of hydrogen-bond donors (Lipinski definition) is 0. The van der Waals surface area contributed by atoms with Gasteiger partial charge in [0.1, 0.15) is 10.9 Å². The van der Waals surface area contributed by atoms with E-state index in [4.69, 9.17) is 16.3 Å². The van der Waals surface area contributed by atoms with Gasteiger partial charge in [-0.25, -0.2) is 18.4 Å². The maximum atomic E-state index is 12.6. The molecule has 4 rings (SSSR count). The van der Waals surface area contributed by atoms with Crippen molar-refractivity contribution in [1.29, 1.82) is 0 Å². The molecule has 0 bridgehead atoms. The quantitative estimate of drug-likeness (QED) is 0.626. The minimum Gasteiger partial charge on any atom is -0.497 e. The van der Waals surface area contributed by atoms with Crippen LogP contribution in [0.25, 0.3) is 22.6 Å². The van der Waals surface area contributed by atoms with Gasteiger partial charge >= 0.3 is 0 Å². The van der Waals surface area contributed by atoms with Gasteiger partial charge in [-0.15, -0.1) is 0 Å². The normalized spacial score (nSPS) is 14.8. The lowest BCUT2D eigenvalue weighted by Gasteiger charge is -2.11. The fourth-order valence-electron chi connectivity index (χ4n) is 3.05. The van der Waals surface area contributed by atoms with E-state index >= 15 is 0 Å². The molecule has 0 aliphatic carbocycles. The Hall–Kier alpha value is -2.44. The van der Waals surface area contributed by atoms with Gasteiger partial charge in [-0.3, -0.25) is 0 Å². The molecule has 0 spiro atoms. The number of sulfone groups is 1. The average Bonchev–Trinajstić information content (AvgIpc) is 2.77. The summed E-state index contributed by atoms with van der Waals surface area (Å²) in [5.41, 5.74) is 2.59. The lowest BCUT2D eigenvalue weighted by Crippen LogP contribution is -2.07. The van der Waals surface area contributed by atoms with Crippen LogP contribution in [0.2, 0.25) is 5.15 Å². The largest absolute Gasteiger partial charge is 0.497 e. The van der Waals surface area contributed by atoms with Crippen molar-refractivity contribution < 1.29 is 13.2 Å². The number of aromatic nitrogens is 2. The van der Waals surface area contributed by atoms with Crippen molar-refractivity contribution in [2.24, 2.45) is 0 Å². The van der Waals surface area contributed by atoms with E-state index in [2.05, 4.69) is 9.97 Å². The summed E-state index contributed by atoms with van der Waals surface area (Å²) in [4.78, 5) is 9.35. The molecule has 2 aromatic carbocycles. The first-order valence-corrected chi connectivity index (χ1v) is 10.1. The van der Waals surface area contributed by atoms with Crippen molar-refractivity contribution in [1.82, 2.24) is 9.97 Å². The monoisotopic (exact) mass is 386 g/mol. The summed E-state index contributed by atoms with van der Waals surface area (Å²) >= 11 is 6.42. The minimum atomic E-state index is -3.39. The highest BCUT2D eigenvalue weighted by molar-refractivity contribution is 7.91. The lowest BCUT2D eigenvalue weighted by molar-refractivity contribution is 0.415. The Labute approximate surface area is 156 Å². The molecule has 0 atom stereocenters. The second-order valence-electron chi connectivity index (χ2n) is 5.96. The number of rotatable bonds is 2. The van der Waals surface area contributed by atoms with Crippen LogP contribution in [0.3, 0.4) is 0 Å². The number of methoxy groups -OCH3 is 1. The molecule has 0 radical (unpaired) electrons. The second kappa shape index (κ2) is 6.37. The van der Waals surface area contributed by atoms with Crippen LogP contribution in [0, 0.1) is 0 Å². The molecule has 132 valence electrons. The number of nitrogens with zero attached hydrogens (tertiary/aromatic N) is 2. The summed E-state index contributed by atoms with van der Waals surface area (Å²) in [5.74, 6) is 1.17. The highest BCUT2D eigenvalue weighted by Crippen LogP contribution is 2.37. The lowest BCUT2D eigenvalue weighted by atomic mass is 10.0. The topological polar surface area (TPSA) is 69.2 Å². The van der Waals surface area contributed by atoms with Crippen LogP contribution < -0.4 is 4.74 Å². The number of halogens is 1. The van der Waals surface area contributed by atoms with Gasteiger partial charge in [0.15, 0.2) is 15.7 Å². The Bertz CT molecular complexity index is 1100. The van der Waals surface area contributed by atoms with Gasteiger partial charge in [0.05, 0.1) is 23.5 Å². The number of hydrogen-bond acceptors (Lipinski definition) is 5. The van der Waals surface area contributed by atoms with Crippen molar-refractivity contribution in [3.8, 4) is 28.4 Å². The molecule has 2 heterocycles. The van der Waals surface area contributed by atoms with Gasteiger partial charge in [0.25, 0.3) is 0 Å². The fraction of sp³-hybridized carbons (Fsp3) is 0.158. The van der Waals surface area contributed by atoms with Gasteiger partial charge in [-0.05, 0) is 36.8 Å². The Balaban J connectivity index is 1.95. The number of benzene rings is 2. The predicted octanol–water partition coefficient (Wildman–Crippen LogP) is 3.80. The molecule has 5 nitrogen and oxygen atoms in total. The molecular weight excluding hydrogens is 372 g/mol. The van der Waals surface area contributed by atoms with Crippen LogP contribution in [0.1, 0.15) is 5.56 Å². The third-order valence-electron chi connectivity index (χ3n) is 4.40. The van der Waals surface area contributed by atoms with Crippen molar-refractivity contribution in [2.75, 3.05) is 12.9 Å². The molecule has 3 aromatic rings. The van der Waals surface area contributed by atoms with Crippen molar-refractivity contribution >= 4 is 21.4 Å². The van der Waals surface area contributed by atoms with Crippen LogP contribution in [0.4, 0.5) is 0 Å². The van der Waals surface area contributed by atoms with E-state index in [1.807, 2.05) is 24.3 Å². The first-order valence-electron chi connectivity index (χ1n) is 8.02. The first-order chi connectivity index (χ1) is 12.5. The van der Waals surface area contributed by atoms with Crippen LogP contribution in [0.15, 0.2) is 53.4 Å². The number of fused-ring (bicyclic) bond motifs is 3. The molecule has 0 saturated heterocycles. The Kier molecular flexibility index (Phi) is 4.17. The molecule has 1 aliphatic rings. The maximum Gasteiger partial charge on any atom is 0.179 e. The molecule has 26 heavy (non-hydrogen) atoms. The molecule has 0 unspecified atom stereocenters. The van der Waals surface area contributed by atoms with Gasteiger partial charge in [0, 0.05) is 16.7 Å². The highest BCUT2D eigenvalue weighted by Gasteiger charge is 2.28. The van der Waals surface area contributed by atoms with E-state index in [0.717, 1.165) is 11.3 Å². The van der Waals surface area contributed by atoms with E-state index in [1.54, 1.807) is 31.4 Å². The first kappa shape index (κ1) is 17.0. The van der Waals surface area contributed by atoms with E-state index in [1.165, 1.54) is 0 Å². The highest BCUT2D eigenvalue weighted by atomic mass is 35.5. The zero-order chi connectivity index (χ0) is 18.3. The molecule has 7 heteroatoms. The zero-order valence-corrected chi connectivity index (χ0v) is 15.5. The SMILES string of the molecule is COc1ccc(-c2nc(Cl)c3c(n2)-c2ccccc2S(=O)(=O)CC3)cc1. The summed E-state index contributed by atoms with van der Waals surface area (Å²) in [5, 5.41) is 0.285. The average molecular weight is 387 g/mol. The summed E-state index contributed by atoms with van der Waals surface area (Å²) in [6.45, 7) is 0. The maximum absolute atomic E-state index is 12.6. The van der Waals surface area contributed by atoms with Crippen molar-refractivity contribution in [3.05, 3.63) is 59.2 Å². The van der Waals surface area contributed by atoms with E-state index in [9.17, 15) is 8.42 Å². The third-order valence-corrected chi connectivity index (χ3v) is 6.48. The van der Waals surface area contributed by atoms with Gasteiger partial charge in [-0.2, -0.15) is 0 Å². The molecule has 0 N–H and O–H groups in total. The van der Waals surface area contributed by atoms with Crippen LogP contribution in [-0.2, 0) is 16.3 Å². The number of ether oxygens (including phenoxy) is 1. The van der Waals surface area contributed by atoms with E-state index < -0.39 is 9.84 Å². The molecule has 1 aromatic heterocycles. The van der Waals surface area contributed by atoms with Gasteiger partial charge in [-0.1, -0.05) is 29.8 Å². The predicted molar refractivity (Wildman–Crippen MR) is 100 cm³/mol. The standard InChI is InChI=1S/C19H15ClN2O3S/c1-25-13-8-6-12(7-9-13)19-21-17-14-4-2-3-5-16(14)26(23,24)11-10-15(17)18(20)22-19/h2-9H,10-11H2,1H3. The molecule has 1 aliphatic heterocycles. The fourth-order valence-corrected chi connectivity index (χ4v) is 4.79. The summed E-state index contributed by atoms with van der Waals surface area (Å²) in [6, 6.07) is 14.2. The summed E-state index contributed by atoms with van der Waals surface area (Å²) in [7, 11) is -1.79. The summed E-state index contributed by atoms with van der Waals surface area (Å²) in [6.07, 6.45) is 0.286. The third kappa shape index (κ3) is 2.85. The van der Waals surface area contributed by atoms with Crippen LogP contribution in [0.5, 0.6) is 5.75 Å². The van der Waals surface area contributed by atoms with E-state index in [-0.39, 0.29) is 22.2 Å². The second-order valence-corrected chi connectivity index (χ2v) is 8.39. The molecule has 0 saturated carbocycles. The Morgan fingerprint density at radius 2 is 1.77 bits per heavy atom. The molecular formula is C19H15ClN2O3S. The van der Waals surface area contributed by atoms with Crippen molar-refractivity contribution in [2.45, 2.75) is 11.3 Å². The van der Waals surface area contributed by atoms with E-state index in [0.29, 0.717) is 22.6 Å². The van der Waals surface area contributed by atoms with Crippen LogP contribution in [-0.4, -0.2) is 31.2 Å². The molecule has 0 fully saturated rings. The zero-order valence-electron chi connectivity index (χ0n) is 13.9.